The average molecular weight is 386 g/mol. The van der Waals surface area contributed by atoms with Crippen molar-refractivity contribution in [2.45, 2.75) is 6.61 Å². The van der Waals surface area contributed by atoms with E-state index in [0.717, 1.165) is 11.8 Å². The molecule has 0 unspecified atom stereocenters. The number of urea groups is 1. The van der Waals surface area contributed by atoms with Crippen molar-refractivity contribution >= 4 is 17.5 Å². The minimum absolute atomic E-state index is 0.0536. The highest BCUT2D eigenvalue weighted by Gasteiger charge is 2.13. The minimum atomic E-state index is -0.867. The van der Waals surface area contributed by atoms with Crippen molar-refractivity contribution in [1.82, 2.24) is 9.97 Å². The van der Waals surface area contributed by atoms with E-state index >= 15 is 0 Å². The van der Waals surface area contributed by atoms with Gasteiger partial charge < -0.3 is 14.8 Å². The van der Waals surface area contributed by atoms with Crippen LogP contribution in [-0.2, 0) is 6.61 Å². The quantitative estimate of drug-likeness (QED) is 0.669. The first-order valence-electron chi connectivity index (χ1n) is 8.16. The number of benzene rings is 2. The van der Waals surface area contributed by atoms with Crippen molar-refractivity contribution in [3.63, 3.8) is 0 Å². The molecule has 0 aliphatic heterocycles. The average Bonchev–Trinajstić information content (AvgIpc) is 2.70. The number of para-hydroxylation sites is 2. The number of aromatic nitrogens is 2. The molecular formula is C19H16F2N4O3. The lowest BCUT2D eigenvalue weighted by Gasteiger charge is -2.11. The number of hydrogen-bond donors (Lipinski definition) is 2. The normalized spacial score (nSPS) is 10.2. The molecule has 1 heterocycles. The van der Waals surface area contributed by atoms with Gasteiger partial charge in [-0.15, -0.1) is 0 Å². The number of ether oxygens (including phenoxy) is 2. The standard InChI is InChI=1S/C19H16F2N4O3/c1-27-16-9-5-2-6-12(16)11-28-19-22-10-14(21)17(25-19)24-18(26)23-15-8-4-3-7-13(15)20/h2-10H,11H2,1H3,(H2,22,23,24,25,26). The van der Waals surface area contributed by atoms with Crippen molar-refractivity contribution in [3.05, 3.63) is 71.9 Å². The number of anilines is 2. The van der Waals surface area contributed by atoms with Gasteiger partial charge >= 0.3 is 12.0 Å². The number of hydrogen-bond acceptors (Lipinski definition) is 5. The first kappa shape index (κ1) is 19.0. The second-order valence-corrected chi connectivity index (χ2v) is 5.51. The van der Waals surface area contributed by atoms with E-state index in [-0.39, 0.29) is 18.3 Å². The van der Waals surface area contributed by atoms with Gasteiger partial charge in [0.05, 0.1) is 19.0 Å². The van der Waals surface area contributed by atoms with E-state index in [4.69, 9.17) is 9.47 Å². The van der Waals surface area contributed by atoms with Crippen LogP contribution in [0.3, 0.4) is 0 Å². The van der Waals surface area contributed by atoms with Crippen LogP contribution in [0.25, 0.3) is 0 Å². The summed E-state index contributed by atoms with van der Waals surface area (Å²) in [5.74, 6) is -1.28. The first-order valence-corrected chi connectivity index (χ1v) is 8.16. The Bertz CT molecular complexity index is 985. The van der Waals surface area contributed by atoms with Gasteiger partial charge in [-0.2, -0.15) is 4.98 Å². The molecule has 9 heteroatoms. The summed E-state index contributed by atoms with van der Waals surface area (Å²) in [5, 5.41) is 4.47. The molecule has 0 atom stereocenters. The molecule has 0 spiro atoms. The van der Waals surface area contributed by atoms with Crippen LogP contribution in [0, 0.1) is 11.6 Å². The summed E-state index contributed by atoms with van der Waals surface area (Å²) in [5.41, 5.74) is 0.687. The smallest absolute Gasteiger partial charge is 0.325 e. The summed E-state index contributed by atoms with van der Waals surface area (Å²) >= 11 is 0. The maximum Gasteiger partial charge on any atom is 0.325 e. The summed E-state index contributed by atoms with van der Waals surface area (Å²) in [6.45, 7) is 0.0799. The maximum absolute atomic E-state index is 13.9. The largest absolute Gasteiger partial charge is 0.496 e. The van der Waals surface area contributed by atoms with E-state index < -0.39 is 23.5 Å². The van der Waals surface area contributed by atoms with Crippen LogP contribution < -0.4 is 20.1 Å². The lowest BCUT2D eigenvalue weighted by atomic mass is 10.2. The number of carbonyl (C=O) groups is 1. The zero-order valence-electron chi connectivity index (χ0n) is 14.8. The Balaban J connectivity index is 1.67. The molecule has 0 fully saturated rings. The Labute approximate surface area is 159 Å². The van der Waals surface area contributed by atoms with Crippen molar-refractivity contribution in [1.29, 1.82) is 0 Å². The van der Waals surface area contributed by atoms with Crippen molar-refractivity contribution < 1.29 is 23.0 Å². The fraction of sp³-hybridized carbons (Fsp3) is 0.105. The fourth-order valence-corrected chi connectivity index (χ4v) is 2.30. The molecule has 1 aromatic heterocycles. The number of amides is 2. The van der Waals surface area contributed by atoms with Gasteiger partial charge in [0.2, 0.25) is 0 Å². The molecule has 28 heavy (non-hydrogen) atoms. The molecule has 0 aliphatic rings. The van der Waals surface area contributed by atoms with Crippen molar-refractivity contribution in [2.75, 3.05) is 17.7 Å². The molecular weight excluding hydrogens is 370 g/mol. The third kappa shape index (κ3) is 4.70. The van der Waals surface area contributed by atoms with Gasteiger partial charge in [-0.3, -0.25) is 5.32 Å². The third-order valence-corrected chi connectivity index (χ3v) is 3.63. The zero-order valence-corrected chi connectivity index (χ0v) is 14.8. The van der Waals surface area contributed by atoms with Crippen LogP contribution in [0.5, 0.6) is 11.8 Å². The Morgan fingerprint density at radius 3 is 2.57 bits per heavy atom. The highest BCUT2D eigenvalue weighted by molar-refractivity contribution is 5.99. The predicted molar refractivity (Wildman–Crippen MR) is 98.4 cm³/mol. The Morgan fingerprint density at radius 1 is 1.04 bits per heavy atom. The number of nitrogens with zero attached hydrogens (tertiary/aromatic N) is 2. The van der Waals surface area contributed by atoms with Crippen LogP contribution >= 0.6 is 0 Å². The number of rotatable bonds is 6. The van der Waals surface area contributed by atoms with E-state index in [0.29, 0.717) is 5.75 Å². The molecule has 3 aromatic rings. The topological polar surface area (TPSA) is 85.4 Å². The Hall–Kier alpha value is -3.75. The van der Waals surface area contributed by atoms with Gasteiger partial charge in [0.1, 0.15) is 18.2 Å². The fourth-order valence-electron chi connectivity index (χ4n) is 2.30. The molecule has 0 saturated heterocycles. The van der Waals surface area contributed by atoms with Gasteiger partial charge in [-0.05, 0) is 18.2 Å². The molecule has 0 saturated carbocycles. The number of methoxy groups -OCH3 is 1. The lowest BCUT2D eigenvalue weighted by Crippen LogP contribution is -2.21. The first-order chi connectivity index (χ1) is 13.6. The second kappa shape index (κ2) is 8.76. The van der Waals surface area contributed by atoms with Crippen LogP contribution in [0.1, 0.15) is 5.56 Å². The zero-order chi connectivity index (χ0) is 19.9. The lowest BCUT2D eigenvalue weighted by molar-refractivity contribution is 0.261. The molecule has 3 rings (SSSR count). The SMILES string of the molecule is COc1ccccc1COc1ncc(F)c(NC(=O)Nc2ccccc2F)n1. The number of halogens is 2. The minimum Gasteiger partial charge on any atom is -0.496 e. The highest BCUT2D eigenvalue weighted by Crippen LogP contribution is 2.20. The van der Waals surface area contributed by atoms with Crippen molar-refractivity contribution in [3.8, 4) is 11.8 Å². The second-order valence-electron chi connectivity index (χ2n) is 5.51. The predicted octanol–water partition coefficient (Wildman–Crippen LogP) is 3.99. The summed E-state index contributed by atoms with van der Waals surface area (Å²) in [6.07, 6.45) is 0.864. The molecule has 144 valence electrons. The van der Waals surface area contributed by atoms with E-state index in [1.807, 2.05) is 12.1 Å². The summed E-state index contributed by atoms with van der Waals surface area (Å²) < 4.78 is 38.2. The molecule has 0 aliphatic carbocycles. The van der Waals surface area contributed by atoms with E-state index in [1.165, 1.54) is 25.3 Å². The van der Waals surface area contributed by atoms with E-state index in [9.17, 15) is 13.6 Å². The van der Waals surface area contributed by atoms with Crippen LogP contribution in [0.4, 0.5) is 25.1 Å². The van der Waals surface area contributed by atoms with Gasteiger partial charge in [-0.1, -0.05) is 30.3 Å². The highest BCUT2D eigenvalue weighted by atomic mass is 19.1. The summed E-state index contributed by atoms with van der Waals surface area (Å²) in [4.78, 5) is 19.6. The molecule has 2 aromatic carbocycles. The van der Waals surface area contributed by atoms with Crippen LogP contribution in [0.2, 0.25) is 0 Å². The van der Waals surface area contributed by atoms with Gasteiger partial charge in [-0.25, -0.2) is 18.6 Å². The van der Waals surface area contributed by atoms with Crippen LogP contribution in [0.15, 0.2) is 54.7 Å². The number of nitrogens with one attached hydrogen (secondary N) is 2. The van der Waals surface area contributed by atoms with Gasteiger partial charge in [0, 0.05) is 5.56 Å². The maximum atomic E-state index is 13.9. The summed E-state index contributed by atoms with van der Waals surface area (Å²) in [6, 6.07) is 11.8. The monoisotopic (exact) mass is 386 g/mol. The van der Waals surface area contributed by atoms with Crippen molar-refractivity contribution in [2.24, 2.45) is 0 Å². The summed E-state index contributed by atoms with van der Waals surface area (Å²) in [7, 11) is 1.53. The molecule has 0 radical (unpaired) electrons. The number of carbonyl (C=O) groups excluding carboxylic acids is 1. The Kier molecular flexibility index (Phi) is 5.95. The van der Waals surface area contributed by atoms with E-state index in [2.05, 4.69) is 20.6 Å². The van der Waals surface area contributed by atoms with Crippen LogP contribution in [-0.4, -0.2) is 23.1 Å². The van der Waals surface area contributed by atoms with Gasteiger partial charge in [0.25, 0.3) is 0 Å². The molecule has 0 bridgehead atoms. The molecule has 7 nitrogen and oxygen atoms in total. The van der Waals surface area contributed by atoms with E-state index in [1.54, 1.807) is 18.2 Å². The third-order valence-electron chi connectivity index (χ3n) is 3.63. The molecule has 2 N–H and O–H groups in total. The Morgan fingerprint density at radius 2 is 1.79 bits per heavy atom. The van der Waals surface area contributed by atoms with Gasteiger partial charge in [0.15, 0.2) is 11.6 Å². The molecule has 2 amide bonds.